The van der Waals surface area contributed by atoms with Gasteiger partial charge in [-0.2, -0.15) is 0 Å². The van der Waals surface area contributed by atoms with Gasteiger partial charge in [0, 0.05) is 35.7 Å². The van der Waals surface area contributed by atoms with Crippen LogP contribution >= 0.6 is 0 Å². The molecule has 1 fully saturated rings. The van der Waals surface area contributed by atoms with Crippen molar-refractivity contribution >= 4 is 11.6 Å². The maximum absolute atomic E-state index is 12.5. The summed E-state index contributed by atoms with van der Waals surface area (Å²) in [5.74, 6) is 7.59. The summed E-state index contributed by atoms with van der Waals surface area (Å²) in [6, 6.07) is 13.7. The van der Waals surface area contributed by atoms with E-state index in [-0.39, 0.29) is 30.5 Å². The number of fused-ring (bicyclic) bond motifs is 3. The van der Waals surface area contributed by atoms with Crippen LogP contribution in [0.15, 0.2) is 42.5 Å². The van der Waals surface area contributed by atoms with Gasteiger partial charge in [-0.05, 0) is 48.4 Å². The smallest absolute Gasteiger partial charge is 0.222 e. The Hall–Kier alpha value is -2.97. The standard InChI is InChI=1S/C24H26N2O3/c1-3-23(28)26-12-11-19-22(15-27)25-21-10-9-17(14-20(21)24(19)26)8-7-16-5-4-6-18(13-16)29-2/h4-6,9-10,13-14,19,22,24-25,27H,3,11-12,15H2,1-2H3/t19-,22+,24-/m0/s1. The third-order valence-electron chi connectivity index (χ3n) is 5.91. The lowest BCUT2D eigenvalue weighted by Gasteiger charge is -2.39. The monoisotopic (exact) mass is 390 g/mol. The number of anilines is 1. The van der Waals surface area contributed by atoms with Gasteiger partial charge in [0.05, 0.1) is 25.8 Å². The third kappa shape index (κ3) is 3.68. The zero-order valence-corrected chi connectivity index (χ0v) is 16.8. The zero-order chi connectivity index (χ0) is 20.4. The number of carbonyl (C=O) groups is 1. The first kappa shape index (κ1) is 19.4. The highest BCUT2D eigenvalue weighted by molar-refractivity contribution is 5.77. The van der Waals surface area contributed by atoms with Crippen molar-refractivity contribution in [2.75, 3.05) is 25.6 Å². The topological polar surface area (TPSA) is 61.8 Å². The summed E-state index contributed by atoms with van der Waals surface area (Å²) in [6.07, 6.45) is 1.39. The van der Waals surface area contributed by atoms with E-state index in [2.05, 4.69) is 23.2 Å². The minimum absolute atomic E-state index is 0.00517. The number of hydrogen-bond donors (Lipinski definition) is 2. The Morgan fingerprint density at radius 3 is 2.76 bits per heavy atom. The quantitative estimate of drug-likeness (QED) is 0.791. The van der Waals surface area contributed by atoms with Crippen LogP contribution in [-0.2, 0) is 4.79 Å². The maximum atomic E-state index is 12.5. The predicted molar refractivity (Wildman–Crippen MR) is 113 cm³/mol. The Bertz CT molecular complexity index is 976. The van der Waals surface area contributed by atoms with Crippen LogP contribution < -0.4 is 10.1 Å². The van der Waals surface area contributed by atoms with Crippen molar-refractivity contribution < 1.29 is 14.6 Å². The number of carbonyl (C=O) groups excluding carboxylic acids is 1. The molecule has 2 heterocycles. The molecule has 0 unspecified atom stereocenters. The molecule has 1 amide bonds. The SMILES string of the molecule is CCC(=O)N1CC[C@@H]2[C@H]1c1cc(C#Cc3cccc(OC)c3)ccc1N[C@@H]2CO. The molecule has 3 atom stereocenters. The summed E-state index contributed by atoms with van der Waals surface area (Å²) in [4.78, 5) is 14.5. The second-order valence-electron chi connectivity index (χ2n) is 7.56. The van der Waals surface area contributed by atoms with Crippen molar-refractivity contribution in [2.45, 2.75) is 31.8 Å². The molecule has 2 aromatic carbocycles. The van der Waals surface area contributed by atoms with Gasteiger partial charge in [0.25, 0.3) is 0 Å². The number of amides is 1. The summed E-state index contributed by atoms with van der Waals surface area (Å²) >= 11 is 0. The maximum Gasteiger partial charge on any atom is 0.222 e. The van der Waals surface area contributed by atoms with Crippen molar-refractivity contribution in [2.24, 2.45) is 5.92 Å². The summed E-state index contributed by atoms with van der Waals surface area (Å²) in [5, 5.41) is 13.3. The van der Waals surface area contributed by atoms with Crippen LogP contribution in [0.25, 0.3) is 0 Å². The highest BCUT2D eigenvalue weighted by Gasteiger charge is 2.45. The van der Waals surface area contributed by atoms with E-state index in [1.54, 1.807) is 7.11 Å². The van der Waals surface area contributed by atoms with Crippen molar-refractivity contribution in [3.63, 3.8) is 0 Å². The van der Waals surface area contributed by atoms with E-state index in [9.17, 15) is 9.90 Å². The average molecular weight is 390 g/mol. The second kappa shape index (κ2) is 8.18. The van der Waals surface area contributed by atoms with Crippen LogP contribution in [0, 0.1) is 17.8 Å². The average Bonchev–Trinajstić information content (AvgIpc) is 3.22. The van der Waals surface area contributed by atoms with E-state index < -0.39 is 0 Å². The largest absolute Gasteiger partial charge is 0.497 e. The van der Waals surface area contributed by atoms with E-state index in [4.69, 9.17) is 4.74 Å². The fraction of sp³-hybridized carbons (Fsp3) is 0.375. The van der Waals surface area contributed by atoms with Crippen LogP contribution in [0.2, 0.25) is 0 Å². The van der Waals surface area contributed by atoms with Crippen LogP contribution in [0.4, 0.5) is 5.69 Å². The molecule has 2 N–H and O–H groups in total. The molecule has 1 saturated heterocycles. The van der Waals surface area contributed by atoms with Gasteiger partial charge >= 0.3 is 0 Å². The van der Waals surface area contributed by atoms with E-state index in [0.717, 1.165) is 41.1 Å². The van der Waals surface area contributed by atoms with Gasteiger partial charge < -0.3 is 20.1 Å². The Morgan fingerprint density at radius 2 is 2.03 bits per heavy atom. The fourth-order valence-electron chi connectivity index (χ4n) is 4.47. The number of aliphatic hydroxyl groups excluding tert-OH is 1. The molecule has 2 aromatic rings. The van der Waals surface area contributed by atoms with E-state index in [0.29, 0.717) is 6.42 Å². The first-order valence-corrected chi connectivity index (χ1v) is 10.1. The van der Waals surface area contributed by atoms with Crippen molar-refractivity contribution in [1.29, 1.82) is 0 Å². The Balaban J connectivity index is 1.69. The van der Waals surface area contributed by atoms with Gasteiger partial charge in [-0.1, -0.05) is 24.8 Å². The lowest BCUT2D eigenvalue weighted by atomic mass is 9.82. The zero-order valence-electron chi connectivity index (χ0n) is 16.8. The minimum Gasteiger partial charge on any atom is -0.497 e. The first-order valence-electron chi connectivity index (χ1n) is 10.1. The van der Waals surface area contributed by atoms with Gasteiger partial charge in [0.15, 0.2) is 0 Å². The number of hydrogen-bond acceptors (Lipinski definition) is 4. The number of benzene rings is 2. The lowest BCUT2D eigenvalue weighted by molar-refractivity contribution is -0.132. The molecule has 0 radical (unpaired) electrons. The molecule has 5 heteroatoms. The van der Waals surface area contributed by atoms with Gasteiger partial charge in [-0.25, -0.2) is 0 Å². The normalized spacial score (nSPS) is 22.0. The van der Waals surface area contributed by atoms with Crippen molar-refractivity contribution in [1.82, 2.24) is 4.90 Å². The van der Waals surface area contributed by atoms with Crippen LogP contribution in [0.5, 0.6) is 5.75 Å². The fourth-order valence-corrected chi connectivity index (χ4v) is 4.47. The molecule has 2 aliphatic heterocycles. The molecular weight excluding hydrogens is 364 g/mol. The van der Waals surface area contributed by atoms with Gasteiger partial charge in [-0.3, -0.25) is 4.79 Å². The number of methoxy groups -OCH3 is 1. The molecule has 0 aliphatic carbocycles. The van der Waals surface area contributed by atoms with Crippen molar-refractivity contribution in [3.8, 4) is 17.6 Å². The van der Waals surface area contributed by atoms with Crippen molar-refractivity contribution in [3.05, 3.63) is 59.2 Å². The number of nitrogens with zero attached hydrogens (tertiary/aromatic N) is 1. The minimum atomic E-state index is -0.0316. The van der Waals surface area contributed by atoms with E-state index >= 15 is 0 Å². The Kier molecular flexibility index (Phi) is 5.46. The number of rotatable bonds is 3. The van der Waals surface area contributed by atoms with E-state index in [1.807, 2.05) is 48.2 Å². The lowest BCUT2D eigenvalue weighted by Crippen LogP contribution is -2.42. The summed E-state index contributed by atoms with van der Waals surface area (Å²) < 4.78 is 5.26. The molecule has 2 aliphatic rings. The first-order chi connectivity index (χ1) is 14.1. The molecule has 29 heavy (non-hydrogen) atoms. The number of ether oxygens (including phenoxy) is 1. The molecule has 150 valence electrons. The summed E-state index contributed by atoms with van der Waals surface area (Å²) in [7, 11) is 1.64. The summed E-state index contributed by atoms with van der Waals surface area (Å²) in [6.45, 7) is 2.70. The van der Waals surface area contributed by atoms with Gasteiger partial charge in [-0.15, -0.1) is 0 Å². The predicted octanol–water partition coefficient (Wildman–Crippen LogP) is 3.18. The van der Waals surface area contributed by atoms with Gasteiger partial charge in [0.2, 0.25) is 5.91 Å². The van der Waals surface area contributed by atoms with Crippen LogP contribution in [-0.4, -0.2) is 42.2 Å². The third-order valence-corrected chi connectivity index (χ3v) is 5.91. The Labute approximate surface area is 171 Å². The molecule has 0 bridgehead atoms. The molecule has 0 saturated carbocycles. The molecular formula is C24H26N2O3. The molecule has 4 rings (SSSR count). The molecule has 0 aromatic heterocycles. The van der Waals surface area contributed by atoms with E-state index in [1.165, 1.54) is 0 Å². The highest BCUT2D eigenvalue weighted by Crippen LogP contribution is 2.46. The number of likely N-dealkylation sites (tertiary alicyclic amines) is 1. The summed E-state index contributed by atoms with van der Waals surface area (Å²) in [5.41, 5.74) is 3.87. The Morgan fingerprint density at radius 1 is 1.24 bits per heavy atom. The van der Waals surface area contributed by atoms with Gasteiger partial charge in [0.1, 0.15) is 5.75 Å². The number of aliphatic hydroxyl groups is 1. The second-order valence-corrected chi connectivity index (χ2v) is 7.56. The number of nitrogens with one attached hydrogen (secondary N) is 1. The van der Waals surface area contributed by atoms with Crippen LogP contribution in [0.1, 0.15) is 42.5 Å². The molecule has 0 spiro atoms. The molecule has 5 nitrogen and oxygen atoms in total. The van der Waals surface area contributed by atoms with Crippen LogP contribution in [0.3, 0.4) is 0 Å². The highest BCUT2D eigenvalue weighted by atomic mass is 16.5.